The summed E-state index contributed by atoms with van der Waals surface area (Å²) in [7, 11) is 0. The molecule has 7 nitrogen and oxygen atoms in total. The van der Waals surface area contributed by atoms with Crippen LogP contribution in [0.15, 0.2) is 68.1 Å². The summed E-state index contributed by atoms with van der Waals surface area (Å²) in [5.41, 5.74) is -0.400. The summed E-state index contributed by atoms with van der Waals surface area (Å²) >= 11 is 1.19. The summed E-state index contributed by atoms with van der Waals surface area (Å²) in [6, 6.07) is 10.4. The van der Waals surface area contributed by atoms with Gasteiger partial charge in [-0.25, -0.2) is 9.18 Å². The summed E-state index contributed by atoms with van der Waals surface area (Å²) in [5.74, 6) is -0.545. The minimum Gasteiger partial charge on any atom is -0.467 e. The third-order valence-corrected chi connectivity index (χ3v) is 5.03. The fraction of sp³-hybridized carbons (Fsp3) is 0.105. The highest BCUT2D eigenvalue weighted by Gasteiger charge is 2.17. The van der Waals surface area contributed by atoms with Crippen molar-refractivity contribution in [1.29, 1.82) is 0 Å². The highest BCUT2D eigenvalue weighted by atomic mass is 32.1. The summed E-state index contributed by atoms with van der Waals surface area (Å²) in [6.07, 6.45) is 1.45. The second-order valence-corrected chi connectivity index (χ2v) is 6.95. The largest absolute Gasteiger partial charge is 0.467 e. The summed E-state index contributed by atoms with van der Waals surface area (Å²) in [4.78, 5) is 38.0. The van der Waals surface area contributed by atoms with E-state index in [-0.39, 0.29) is 18.8 Å². The molecule has 3 heterocycles. The highest BCUT2D eigenvalue weighted by Crippen LogP contribution is 2.16. The molecule has 1 N–H and O–H groups in total. The lowest BCUT2D eigenvalue weighted by atomic mass is 10.3. The van der Waals surface area contributed by atoms with Crippen LogP contribution >= 0.6 is 11.3 Å². The van der Waals surface area contributed by atoms with Crippen LogP contribution in [0.3, 0.4) is 0 Å². The van der Waals surface area contributed by atoms with Gasteiger partial charge in [-0.05, 0) is 41.8 Å². The molecule has 0 unspecified atom stereocenters. The molecule has 0 fully saturated rings. The van der Waals surface area contributed by atoms with Crippen molar-refractivity contribution in [2.45, 2.75) is 13.1 Å². The number of hydrogen-bond donors (Lipinski definition) is 1. The zero-order valence-electron chi connectivity index (χ0n) is 14.4. The highest BCUT2D eigenvalue weighted by molar-refractivity contribution is 7.17. The van der Waals surface area contributed by atoms with Crippen molar-refractivity contribution < 1.29 is 13.6 Å². The molecular formula is C19H14FN3O4S. The number of rotatable bonds is 5. The van der Waals surface area contributed by atoms with E-state index in [9.17, 15) is 18.8 Å². The molecule has 1 amide bonds. The first kappa shape index (κ1) is 17.9. The van der Waals surface area contributed by atoms with Crippen molar-refractivity contribution in [3.05, 3.63) is 86.5 Å². The van der Waals surface area contributed by atoms with E-state index in [1.807, 2.05) is 0 Å². The summed E-state index contributed by atoms with van der Waals surface area (Å²) in [5, 5.41) is 4.24. The van der Waals surface area contributed by atoms with Crippen LogP contribution in [-0.4, -0.2) is 15.0 Å². The predicted molar refractivity (Wildman–Crippen MR) is 103 cm³/mol. The van der Waals surface area contributed by atoms with Crippen molar-refractivity contribution in [2.24, 2.45) is 0 Å². The van der Waals surface area contributed by atoms with Gasteiger partial charge >= 0.3 is 5.69 Å². The van der Waals surface area contributed by atoms with Crippen LogP contribution in [0.1, 0.15) is 5.76 Å². The molecule has 0 saturated heterocycles. The third-order valence-electron chi connectivity index (χ3n) is 4.14. The van der Waals surface area contributed by atoms with E-state index >= 15 is 0 Å². The van der Waals surface area contributed by atoms with Crippen molar-refractivity contribution in [3.63, 3.8) is 0 Å². The Hall–Kier alpha value is -3.46. The number of nitrogens with one attached hydrogen (secondary N) is 1. The predicted octanol–water partition coefficient (Wildman–Crippen LogP) is 2.64. The number of furan rings is 1. The first-order valence-electron chi connectivity index (χ1n) is 8.31. The van der Waals surface area contributed by atoms with Crippen LogP contribution in [-0.2, 0) is 17.9 Å². The van der Waals surface area contributed by atoms with E-state index in [0.717, 1.165) is 4.57 Å². The zero-order valence-corrected chi connectivity index (χ0v) is 15.2. The summed E-state index contributed by atoms with van der Waals surface area (Å²) < 4.78 is 21.2. The first-order chi connectivity index (χ1) is 13.5. The van der Waals surface area contributed by atoms with Gasteiger partial charge in [0.2, 0.25) is 5.91 Å². The third kappa shape index (κ3) is 3.39. The number of carbonyl (C=O) groups is 1. The average molecular weight is 399 g/mol. The molecule has 0 aliphatic carbocycles. The van der Waals surface area contributed by atoms with Crippen molar-refractivity contribution in [3.8, 4) is 0 Å². The number of aromatic nitrogens is 2. The fourth-order valence-corrected chi connectivity index (χ4v) is 3.74. The monoisotopic (exact) mass is 399 g/mol. The maximum Gasteiger partial charge on any atom is 0.332 e. The lowest BCUT2D eigenvalue weighted by molar-refractivity contribution is -0.116. The molecule has 0 saturated carbocycles. The summed E-state index contributed by atoms with van der Waals surface area (Å²) in [6.45, 7) is -0.356. The minimum atomic E-state index is -0.623. The molecule has 142 valence electrons. The normalized spacial score (nSPS) is 11.0. The lowest BCUT2D eigenvalue weighted by Gasteiger charge is -2.12. The second-order valence-electron chi connectivity index (χ2n) is 6.03. The number of carbonyl (C=O) groups excluding carboxylic acids is 1. The Morgan fingerprint density at radius 2 is 2.00 bits per heavy atom. The van der Waals surface area contributed by atoms with E-state index in [0.29, 0.717) is 16.0 Å². The van der Waals surface area contributed by atoms with Gasteiger partial charge in [0.15, 0.2) is 0 Å². The Morgan fingerprint density at radius 1 is 1.14 bits per heavy atom. The SMILES string of the molecule is O=C(Cn1c(=O)n(Cc2ccco2)c(=O)c2sccc21)Nc1cccc(F)c1. The van der Waals surface area contributed by atoms with E-state index in [4.69, 9.17) is 4.42 Å². The smallest absolute Gasteiger partial charge is 0.332 e. The molecule has 0 radical (unpaired) electrons. The number of fused-ring (bicyclic) bond motifs is 1. The Kier molecular flexibility index (Phi) is 4.66. The molecule has 0 spiro atoms. The van der Waals surface area contributed by atoms with Crippen LogP contribution < -0.4 is 16.6 Å². The standard InChI is InChI=1S/C19H14FN3O4S/c20-12-3-1-4-13(9-12)21-16(24)11-22-15-6-8-28-17(15)18(25)23(19(22)26)10-14-5-2-7-27-14/h1-9H,10-11H2,(H,21,24). The molecule has 9 heteroatoms. The zero-order chi connectivity index (χ0) is 19.7. The molecule has 28 heavy (non-hydrogen) atoms. The van der Waals surface area contributed by atoms with Gasteiger partial charge in [0.25, 0.3) is 5.56 Å². The number of halogens is 1. The number of nitrogens with zero attached hydrogens (tertiary/aromatic N) is 2. The Morgan fingerprint density at radius 3 is 2.75 bits per heavy atom. The van der Waals surface area contributed by atoms with Crippen LogP contribution in [0, 0.1) is 5.82 Å². The second kappa shape index (κ2) is 7.28. The van der Waals surface area contributed by atoms with Gasteiger partial charge in [0.05, 0.1) is 18.3 Å². The molecular weight excluding hydrogens is 385 g/mol. The van der Waals surface area contributed by atoms with Crippen LogP contribution in [0.2, 0.25) is 0 Å². The van der Waals surface area contributed by atoms with Gasteiger partial charge in [-0.15, -0.1) is 11.3 Å². The van der Waals surface area contributed by atoms with Crippen LogP contribution in [0.25, 0.3) is 10.2 Å². The molecule has 0 aliphatic rings. The maximum atomic E-state index is 13.3. The Balaban J connectivity index is 1.72. The van der Waals surface area contributed by atoms with Crippen molar-refractivity contribution in [1.82, 2.24) is 9.13 Å². The minimum absolute atomic E-state index is 0.0377. The molecule has 4 rings (SSSR count). The van der Waals surface area contributed by atoms with Gasteiger partial charge in [0.1, 0.15) is 22.8 Å². The number of amides is 1. The van der Waals surface area contributed by atoms with E-state index in [2.05, 4.69) is 5.32 Å². The van der Waals surface area contributed by atoms with E-state index in [1.165, 1.54) is 40.4 Å². The quantitative estimate of drug-likeness (QED) is 0.559. The van der Waals surface area contributed by atoms with Gasteiger partial charge in [-0.2, -0.15) is 0 Å². The first-order valence-corrected chi connectivity index (χ1v) is 9.19. The fourth-order valence-electron chi connectivity index (χ4n) is 2.89. The molecule has 4 aromatic rings. The van der Waals surface area contributed by atoms with Gasteiger partial charge < -0.3 is 9.73 Å². The topological polar surface area (TPSA) is 86.2 Å². The van der Waals surface area contributed by atoms with Gasteiger partial charge in [-0.3, -0.25) is 18.7 Å². The average Bonchev–Trinajstić information content (AvgIpc) is 3.34. The van der Waals surface area contributed by atoms with Gasteiger partial charge in [0, 0.05) is 5.69 Å². The van der Waals surface area contributed by atoms with Crippen molar-refractivity contribution in [2.75, 3.05) is 5.32 Å². The number of hydrogen-bond acceptors (Lipinski definition) is 5. The van der Waals surface area contributed by atoms with Crippen LogP contribution in [0.5, 0.6) is 0 Å². The van der Waals surface area contributed by atoms with Crippen molar-refractivity contribution >= 4 is 33.1 Å². The molecule has 0 aliphatic heterocycles. The van der Waals surface area contributed by atoms with E-state index in [1.54, 1.807) is 29.6 Å². The number of anilines is 1. The maximum absolute atomic E-state index is 13.3. The number of thiophene rings is 1. The lowest BCUT2D eigenvalue weighted by Crippen LogP contribution is -2.41. The Labute approximate surface area is 161 Å². The molecule has 1 aromatic carbocycles. The molecule has 0 bridgehead atoms. The number of benzene rings is 1. The van der Waals surface area contributed by atoms with Gasteiger partial charge in [-0.1, -0.05) is 6.07 Å². The molecule has 0 atom stereocenters. The van der Waals surface area contributed by atoms with E-state index < -0.39 is 23.0 Å². The Bertz CT molecular complexity index is 1270. The molecule has 3 aromatic heterocycles. The van der Waals surface area contributed by atoms with Crippen LogP contribution in [0.4, 0.5) is 10.1 Å².